The summed E-state index contributed by atoms with van der Waals surface area (Å²) in [7, 11) is 0. The number of nitrogens with zero attached hydrogens (tertiary/aromatic N) is 1. The number of amides is 1. The fourth-order valence-electron chi connectivity index (χ4n) is 2.09. The first-order valence-corrected chi connectivity index (χ1v) is 6.83. The second-order valence-corrected chi connectivity index (χ2v) is 6.23. The molecule has 0 atom stereocenters. The van der Waals surface area contributed by atoms with Crippen LogP contribution >= 0.6 is 0 Å². The Kier molecular flexibility index (Phi) is 3.95. The molecule has 0 aromatic heterocycles. The Morgan fingerprint density at radius 3 is 2.78 bits per heavy atom. The van der Waals surface area contributed by atoms with Crippen LogP contribution in [0.2, 0.25) is 0 Å². The predicted molar refractivity (Wildman–Crippen MR) is 71.5 cm³/mol. The van der Waals surface area contributed by atoms with Gasteiger partial charge in [-0.15, -0.1) is 0 Å². The molecule has 2 aliphatic rings. The minimum Gasteiger partial charge on any atom is -0.444 e. The van der Waals surface area contributed by atoms with Gasteiger partial charge in [0.2, 0.25) is 0 Å². The van der Waals surface area contributed by atoms with Crippen LogP contribution in [0.4, 0.5) is 4.79 Å². The Labute approximate surface area is 109 Å². The molecule has 4 nitrogen and oxygen atoms in total. The standard InChI is InChI=1S/C14H24N2O2/c1-14(2,3)18-13(17)16-8-7-11(10-16)9-15-12-5-4-6-12/h7,12,15H,4-6,8-10H2,1-3H3. The fraction of sp³-hybridized carbons (Fsp3) is 0.786. The molecule has 0 bridgehead atoms. The molecular weight excluding hydrogens is 228 g/mol. The Morgan fingerprint density at radius 1 is 1.50 bits per heavy atom. The maximum absolute atomic E-state index is 11.9. The molecule has 2 rings (SSSR count). The van der Waals surface area contributed by atoms with Crippen molar-refractivity contribution in [1.82, 2.24) is 10.2 Å². The lowest BCUT2D eigenvalue weighted by Gasteiger charge is -2.27. The van der Waals surface area contributed by atoms with Gasteiger partial charge in [-0.3, -0.25) is 0 Å². The number of rotatable bonds is 3. The van der Waals surface area contributed by atoms with E-state index in [1.54, 1.807) is 4.90 Å². The monoisotopic (exact) mass is 252 g/mol. The van der Waals surface area contributed by atoms with Gasteiger partial charge in [0.15, 0.2) is 0 Å². The van der Waals surface area contributed by atoms with E-state index in [1.165, 1.54) is 24.8 Å². The molecule has 0 aromatic carbocycles. The summed E-state index contributed by atoms with van der Waals surface area (Å²) >= 11 is 0. The van der Waals surface area contributed by atoms with Crippen LogP contribution in [0.5, 0.6) is 0 Å². The molecule has 0 unspecified atom stereocenters. The molecule has 1 aliphatic carbocycles. The van der Waals surface area contributed by atoms with E-state index in [1.807, 2.05) is 20.8 Å². The molecule has 18 heavy (non-hydrogen) atoms. The van der Waals surface area contributed by atoms with E-state index >= 15 is 0 Å². The smallest absolute Gasteiger partial charge is 0.410 e. The highest BCUT2D eigenvalue weighted by atomic mass is 16.6. The van der Waals surface area contributed by atoms with Gasteiger partial charge in [0.25, 0.3) is 0 Å². The van der Waals surface area contributed by atoms with Crippen molar-refractivity contribution in [3.8, 4) is 0 Å². The zero-order valence-electron chi connectivity index (χ0n) is 11.7. The van der Waals surface area contributed by atoms with Crippen molar-refractivity contribution >= 4 is 6.09 Å². The van der Waals surface area contributed by atoms with Gasteiger partial charge in [0, 0.05) is 25.7 Å². The van der Waals surface area contributed by atoms with Crippen LogP contribution in [0.15, 0.2) is 11.6 Å². The van der Waals surface area contributed by atoms with Gasteiger partial charge in [0.05, 0.1) is 0 Å². The molecule has 0 radical (unpaired) electrons. The van der Waals surface area contributed by atoms with Crippen LogP contribution in [0.1, 0.15) is 40.0 Å². The number of hydrogen-bond donors (Lipinski definition) is 1. The van der Waals surface area contributed by atoms with Crippen molar-refractivity contribution in [2.24, 2.45) is 0 Å². The number of ether oxygens (including phenoxy) is 1. The van der Waals surface area contributed by atoms with E-state index in [4.69, 9.17) is 4.74 Å². The van der Waals surface area contributed by atoms with Gasteiger partial charge in [-0.2, -0.15) is 0 Å². The summed E-state index contributed by atoms with van der Waals surface area (Å²) in [5.74, 6) is 0. The Hall–Kier alpha value is -1.03. The van der Waals surface area contributed by atoms with Crippen LogP contribution in [0, 0.1) is 0 Å². The first-order chi connectivity index (χ1) is 8.44. The van der Waals surface area contributed by atoms with Crippen molar-refractivity contribution in [3.63, 3.8) is 0 Å². The molecule has 1 saturated carbocycles. The average molecular weight is 252 g/mol. The van der Waals surface area contributed by atoms with Crippen molar-refractivity contribution < 1.29 is 9.53 Å². The summed E-state index contributed by atoms with van der Waals surface area (Å²) in [5.41, 5.74) is 0.886. The third kappa shape index (κ3) is 3.73. The van der Waals surface area contributed by atoms with Gasteiger partial charge in [-0.05, 0) is 39.2 Å². The minimum atomic E-state index is -0.413. The molecular formula is C14H24N2O2. The van der Waals surface area contributed by atoms with Gasteiger partial charge < -0.3 is 15.0 Å². The molecule has 1 heterocycles. The van der Waals surface area contributed by atoms with E-state index in [0.717, 1.165) is 6.54 Å². The first kappa shape index (κ1) is 13.4. The zero-order valence-corrected chi connectivity index (χ0v) is 11.7. The number of carbonyl (C=O) groups excluding carboxylic acids is 1. The SMILES string of the molecule is CC(C)(C)OC(=O)N1CC=C(CNC2CCC2)C1. The fourth-order valence-corrected chi connectivity index (χ4v) is 2.09. The maximum Gasteiger partial charge on any atom is 0.410 e. The molecule has 0 saturated heterocycles. The quantitative estimate of drug-likeness (QED) is 0.784. The molecule has 102 valence electrons. The predicted octanol–water partition coefficient (Wildman–Crippen LogP) is 2.31. The highest BCUT2D eigenvalue weighted by molar-refractivity contribution is 5.69. The summed E-state index contributed by atoms with van der Waals surface area (Å²) in [6, 6.07) is 0.696. The van der Waals surface area contributed by atoms with Crippen molar-refractivity contribution in [2.75, 3.05) is 19.6 Å². The van der Waals surface area contributed by atoms with Crippen LogP contribution in [-0.4, -0.2) is 42.3 Å². The summed E-state index contributed by atoms with van der Waals surface area (Å²) < 4.78 is 5.36. The number of hydrogen-bond acceptors (Lipinski definition) is 3. The van der Waals surface area contributed by atoms with Gasteiger partial charge in [0.1, 0.15) is 5.60 Å². The van der Waals surface area contributed by atoms with Gasteiger partial charge in [-0.25, -0.2) is 4.79 Å². The average Bonchev–Trinajstić information content (AvgIpc) is 2.61. The molecule has 1 aliphatic heterocycles. The zero-order chi connectivity index (χ0) is 13.2. The lowest BCUT2D eigenvalue weighted by Crippen LogP contribution is -2.38. The highest BCUT2D eigenvalue weighted by Crippen LogP contribution is 2.19. The van der Waals surface area contributed by atoms with E-state index in [-0.39, 0.29) is 6.09 Å². The van der Waals surface area contributed by atoms with Gasteiger partial charge >= 0.3 is 6.09 Å². The van der Waals surface area contributed by atoms with Crippen LogP contribution < -0.4 is 5.32 Å². The summed E-state index contributed by atoms with van der Waals surface area (Å²) in [6.45, 7) is 7.98. The largest absolute Gasteiger partial charge is 0.444 e. The van der Waals surface area contributed by atoms with Crippen LogP contribution in [0.25, 0.3) is 0 Å². The molecule has 1 N–H and O–H groups in total. The Balaban J connectivity index is 1.70. The number of nitrogens with one attached hydrogen (secondary N) is 1. The normalized spacial score (nSPS) is 20.6. The summed E-state index contributed by atoms with van der Waals surface area (Å²) in [5, 5.41) is 3.52. The molecule has 0 spiro atoms. The third-order valence-electron chi connectivity index (χ3n) is 3.37. The summed E-state index contributed by atoms with van der Waals surface area (Å²) in [6.07, 6.45) is 5.86. The molecule has 0 aromatic rings. The van der Waals surface area contributed by atoms with Crippen molar-refractivity contribution in [3.05, 3.63) is 11.6 Å². The van der Waals surface area contributed by atoms with E-state index in [0.29, 0.717) is 19.1 Å². The second-order valence-electron chi connectivity index (χ2n) is 6.23. The number of carbonyl (C=O) groups is 1. The highest BCUT2D eigenvalue weighted by Gasteiger charge is 2.25. The maximum atomic E-state index is 11.9. The minimum absolute atomic E-state index is 0.211. The first-order valence-electron chi connectivity index (χ1n) is 6.83. The molecule has 1 fully saturated rings. The van der Waals surface area contributed by atoms with Crippen molar-refractivity contribution in [1.29, 1.82) is 0 Å². The van der Waals surface area contributed by atoms with E-state index in [9.17, 15) is 4.79 Å². The second kappa shape index (κ2) is 5.31. The Morgan fingerprint density at radius 2 is 2.22 bits per heavy atom. The van der Waals surface area contributed by atoms with Crippen LogP contribution in [-0.2, 0) is 4.74 Å². The van der Waals surface area contributed by atoms with Crippen molar-refractivity contribution in [2.45, 2.75) is 51.7 Å². The third-order valence-corrected chi connectivity index (χ3v) is 3.37. The van der Waals surface area contributed by atoms with E-state index < -0.39 is 5.60 Å². The van der Waals surface area contributed by atoms with E-state index in [2.05, 4.69) is 11.4 Å². The van der Waals surface area contributed by atoms with Gasteiger partial charge in [-0.1, -0.05) is 12.5 Å². The topological polar surface area (TPSA) is 41.6 Å². The molecule has 4 heteroatoms. The summed E-state index contributed by atoms with van der Waals surface area (Å²) in [4.78, 5) is 13.6. The lowest BCUT2D eigenvalue weighted by atomic mass is 9.93. The van der Waals surface area contributed by atoms with Crippen LogP contribution in [0.3, 0.4) is 0 Å². The molecule has 1 amide bonds. The lowest BCUT2D eigenvalue weighted by molar-refractivity contribution is 0.0301. The Bertz CT molecular complexity index is 340.